The highest BCUT2D eigenvalue weighted by Crippen LogP contribution is 2.66. The van der Waals surface area contributed by atoms with E-state index in [4.69, 9.17) is 0 Å². The van der Waals surface area contributed by atoms with Gasteiger partial charge >= 0.3 is 0 Å². The van der Waals surface area contributed by atoms with Gasteiger partial charge in [-0.1, -0.05) is 32.9 Å². The van der Waals surface area contributed by atoms with Gasteiger partial charge < -0.3 is 10.2 Å². The summed E-state index contributed by atoms with van der Waals surface area (Å²) in [4.78, 5) is 13.0. The maximum absolute atomic E-state index is 13.0. The average Bonchev–Trinajstić information content (AvgIpc) is 2.85. The minimum absolute atomic E-state index is 0.0432. The molecule has 0 aromatic rings. The molecule has 2 N–H and O–H groups in total. The van der Waals surface area contributed by atoms with E-state index in [0.717, 1.165) is 25.7 Å². The number of carbonyl (C=O) groups is 1. The van der Waals surface area contributed by atoms with Crippen LogP contribution in [-0.4, -0.2) is 22.6 Å². The standard InChI is InChI=1S/C20H28O3/c1-18(2)10-15(22)17(23)19(3)14-9-20(11-21)7-6-12(8-20)13(14)4-5-16(18)19/h6-7,10,12-14,16,21-22H,4-5,8-9,11H2,1-3H3. The zero-order valence-electron chi connectivity index (χ0n) is 14.4. The van der Waals surface area contributed by atoms with Gasteiger partial charge in [0.15, 0.2) is 5.76 Å². The summed E-state index contributed by atoms with van der Waals surface area (Å²) in [5, 5.41) is 20.3. The molecule has 2 saturated carbocycles. The molecule has 6 atom stereocenters. The minimum Gasteiger partial charge on any atom is -0.505 e. The fourth-order valence-corrected chi connectivity index (χ4v) is 6.70. The van der Waals surface area contributed by atoms with Gasteiger partial charge in [0.25, 0.3) is 0 Å². The first-order valence-corrected chi connectivity index (χ1v) is 9.00. The maximum atomic E-state index is 13.0. The van der Waals surface area contributed by atoms with Crippen molar-refractivity contribution in [2.24, 2.45) is 39.9 Å². The molecule has 0 aromatic heterocycles. The van der Waals surface area contributed by atoms with Crippen LogP contribution in [0.3, 0.4) is 0 Å². The predicted octanol–water partition coefficient (Wildman–Crippen LogP) is 3.64. The Balaban J connectivity index is 1.81. The number of aliphatic hydroxyl groups excluding tert-OH is 2. The number of ketones is 1. The summed E-state index contributed by atoms with van der Waals surface area (Å²) in [5.41, 5.74) is -0.803. The Hall–Kier alpha value is -1.09. The number of allylic oxidation sites excluding steroid dienone is 3. The average molecular weight is 316 g/mol. The molecule has 0 saturated heterocycles. The van der Waals surface area contributed by atoms with Gasteiger partial charge in [0.2, 0.25) is 5.78 Å². The van der Waals surface area contributed by atoms with Gasteiger partial charge in [-0.3, -0.25) is 4.79 Å². The van der Waals surface area contributed by atoms with Gasteiger partial charge in [0.05, 0.1) is 6.61 Å². The van der Waals surface area contributed by atoms with E-state index in [0.29, 0.717) is 11.8 Å². The van der Waals surface area contributed by atoms with Crippen LogP contribution in [-0.2, 0) is 4.79 Å². The monoisotopic (exact) mass is 316 g/mol. The van der Waals surface area contributed by atoms with Gasteiger partial charge in [-0.05, 0) is 60.8 Å². The van der Waals surface area contributed by atoms with Crippen molar-refractivity contribution in [1.29, 1.82) is 0 Å². The van der Waals surface area contributed by atoms with Crippen LogP contribution in [0.5, 0.6) is 0 Å². The third-order valence-electron chi connectivity index (χ3n) is 7.76. The molecule has 126 valence electrons. The molecule has 4 aliphatic carbocycles. The highest BCUT2D eigenvalue weighted by Gasteiger charge is 2.63. The summed E-state index contributed by atoms with van der Waals surface area (Å²) in [6.07, 6.45) is 10.4. The fourth-order valence-electron chi connectivity index (χ4n) is 6.70. The van der Waals surface area contributed by atoms with Crippen LogP contribution in [0.2, 0.25) is 0 Å². The van der Waals surface area contributed by atoms with Gasteiger partial charge in [0, 0.05) is 10.8 Å². The Morgan fingerprint density at radius 1 is 1.22 bits per heavy atom. The van der Waals surface area contributed by atoms with Crippen molar-refractivity contribution in [2.45, 2.75) is 46.5 Å². The molecule has 0 amide bonds. The molecule has 4 aliphatic rings. The largest absolute Gasteiger partial charge is 0.505 e. The van der Waals surface area contributed by atoms with Crippen molar-refractivity contribution < 1.29 is 15.0 Å². The zero-order chi connectivity index (χ0) is 16.6. The normalized spacial score (nSPS) is 50.3. The lowest BCUT2D eigenvalue weighted by molar-refractivity contribution is -0.156. The summed E-state index contributed by atoms with van der Waals surface area (Å²) < 4.78 is 0. The van der Waals surface area contributed by atoms with E-state index in [2.05, 4.69) is 32.9 Å². The van der Waals surface area contributed by atoms with Crippen molar-refractivity contribution in [2.75, 3.05) is 6.61 Å². The second-order valence-corrected chi connectivity index (χ2v) is 9.31. The second-order valence-electron chi connectivity index (χ2n) is 9.31. The topological polar surface area (TPSA) is 57.5 Å². The Morgan fingerprint density at radius 3 is 2.65 bits per heavy atom. The number of hydrogen-bond acceptors (Lipinski definition) is 3. The summed E-state index contributed by atoms with van der Waals surface area (Å²) in [7, 11) is 0. The molecule has 3 heteroatoms. The number of rotatable bonds is 1. The smallest absolute Gasteiger partial charge is 0.203 e. The quantitative estimate of drug-likeness (QED) is 0.726. The van der Waals surface area contributed by atoms with Gasteiger partial charge in [-0.25, -0.2) is 0 Å². The van der Waals surface area contributed by atoms with Gasteiger partial charge in [-0.2, -0.15) is 0 Å². The Kier molecular flexibility index (Phi) is 3.02. The van der Waals surface area contributed by atoms with Crippen LogP contribution in [0, 0.1) is 39.9 Å². The fraction of sp³-hybridized carbons (Fsp3) is 0.750. The summed E-state index contributed by atoms with van der Waals surface area (Å²) in [6.45, 7) is 6.56. The molecule has 3 nitrogen and oxygen atoms in total. The third kappa shape index (κ3) is 1.83. The van der Waals surface area contributed by atoms with Crippen LogP contribution in [0.15, 0.2) is 24.0 Å². The summed E-state index contributed by atoms with van der Waals surface area (Å²) >= 11 is 0. The number of aliphatic hydroxyl groups is 2. The van der Waals surface area contributed by atoms with Crippen molar-refractivity contribution in [3.63, 3.8) is 0 Å². The number of Topliss-reactive ketones (excluding diaryl/α,β-unsaturated/α-hetero) is 1. The SMILES string of the molecule is CC1(C)C=C(O)C(=O)C2(C)C3CC4(CO)C=CC(C4)C3CCC12. The van der Waals surface area contributed by atoms with Crippen molar-refractivity contribution in [3.8, 4) is 0 Å². The molecule has 2 fully saturated rings. The first-order valence-electron chi connectivity index (χ1n) is 9.00. The van der Waals surface area contributed by atoms with E-state index in [1.165, 1.54) is 0 Å². The lowest BCUT2D eigenvalue weighted by Gasteiger charge is -2.60. The van der Waals surface area contributed by atoms with Gasteiger partial charge in [0.1, 0.15) is 0 Å². The van der Waals surface area contributed by atoms with E-state index < -0.39 is 5.41 Å². The van der Waals surface area contributed by atoms with Gasteiger partial charge in [-0.15, -0.1) is 0 Å². The molecule has 0 heterocycles. The Bertz CT molecular complexity index is 616. The summed E-state index contributed by atoms with van der Waals surface area (Å²) in [5.74, 6) is 1.42. The van der Waals surface area contributed by atoms with Crippen molar-refractivity contribution in [1.82, 2.24) is 0 Å². The van der Waals surface area contributed by atoms with E-state index in [9.17, 15) is 15.0 Å². The zero-order valence-corrected chi connectivity index (χ0v) is 14.4. The lowest BCUT2D eigenvalue weighted by Crippen LogP contribution is -2.58. The van der Waals surface area contributed by atoms with Crippen LogP contribution >= 0.6 is 0 Å². The number of fused-ring (bicyclic) bond motifs is 6. The molecule has 0 spiro atoms. The maximum Gasteiger partial charge on any atom is 0.203 e. The number of hydrogen-bond donors (Lipinski definition) is 2. The van der Waals surface area contributed by atoms with Crippen LogP contribution in [0.1, 0.15) is 46.5 Å². The second kappa shape index (κ2) is 4.50. The Labute approximate surface area is 138 Å². The van der Waals surface area contributed by atoms with Crippen LogP contribution in [0.4, 0.5) is 0 Å². The first kappa shape index (κ1) is 15.4. The Morgan fingerprint density at radius 2 is 1.96 bits per heavy atom. The molecule has 6 unspecified atom stereocenters. The van der Waals surface area contributed by atoms with Crippen LogP contribution < -0.4 is 0 Å². The first-order chi connectivity index (χ1) is 10.7. The molecule has 4 rings (SSSR count). The van der Waals surface area contributed by atoms with E-state index >= 15 is 0 Å². The van der Waals surface area contributed by atoms with E-state index in [-0.39, 0.29) is 40.8 Å². The van der Waals surface area contributed by atoms with Crippen molar-refractivity contribution >= 4 is 5.78 Å². The molecule has 0 aromatic carbocycles. The van der Waals surface area contributed by atoms with E-state index in [1.54, 1.807) is 6.08 Å². The van der Waals surface area contributed by atoms with E-state index in [1.807, 2.05) is 0 Å². The molecule has 23 heavy (non-hydrogen) atoms. The molecule has 2 bridgehead atoms. The van der Waals surface area contributed by atoms with Crippen molar-refractivity contribution in [3.05, 3.63) is 24.0 Å². The summed E-state index contributed by atoms with van der Waals surface area (Å²) in [6, 6.07) is 0. The highest BCUT2D eigenvalue weighted by atomic mass is 16.3. The number of carbonyl (C=O) groups excluding carboxylic acids is 1. The lowest BCUT2D eigenvalue weighted by atomic mass is 9.43. The van der Waals surface area contributed by atoms with Crippen LogP contribution in [0.25, 0.3) is 0 Å². The minimum atomic E-state index is -0.504. The third-order valence-corrected chi connectivity index (χ3v) is 7.76. The predicted molar refractivity (Wildman–Crippen MR) is 88.7 cm³/mol. The molecule has 0 aliphatic heterocycles. The molecular formula is C20H28O3. The highest BCUT2D eigenvalue weighted by molar-refractivity contribution is 5.99. The molecular weight excluding hydrogens is 288 g/mol. The molecule has 0 radical (unpaired) electrons.